The van der Waals surface area contributed by atoms with Crippen molar-refractivity contribution in [3.05, 3.63) is 58.5 Å². The Kier molecular flexibility index (Phi) is 4.24. The quantitative estimate of drug-likeness (QED) is 0.904. The van der Waals surface area contributed by atoms with Crippen LogP contribution in [0.3, 0.4) is 0 Å². The molecule has 0 spiro atoms. The SMILES string of the molecule is Cc1occc1C(=O)NC[C@H](O)c1cccc(Cl)c1. The van der Waals surface area contributed by atoms with E-state index in [1.54, 1.807) is 37.3 Å². The summed E-state index contributed by atoms with van der Waals surface area (Å²) in [6.45, 7) is 1.83. The van der Waals surface area contributed by atoms with Crippen molar-refractivity contribution in [2.45, 2.75) is 13.0 Å². The maximum atomic E-state index is 11.8. The van der Waals surface area contributed by atoms with E-state index in [0.29, 0.717) is 21.9 Å². The molecule has 0 aliphatic rings. The van der Waals surface area contributed by atoms with Crippen molar-refractivity contribution >= 4 is 17.5 Å². The molecule has 0 fully saturated rings. The first kappa shape index (κ1) is 13.6. The molecule has 19 heavy (non-hydrogen) atoms. The monoisotopic (exact) mass is 279 g/mol. The number of aliphatic hydroxyl groups excluding tert-OH is 1. The Morgan fingerprint density at radius 3 is 2.89 bits per heavy atom. The van der Waals surface area contributed by atoms with Gasteiger partial charge in [-0.1, -0.05) is 23.7 Å². The Hall–Kier alpha value is -1.78. The molecular formula is C14H14ClNO3. The summed E-state index contributed by atoms with van der Waals surface area (Å²) < 4.78 is 5.05. The molecule has 0 bridgehead atoms. The second kappa shape index (κ2) is 5.91. The van der Waals surface area contributed by atoms with Gasteiger partial charge < -0.3 is 14.8 Å². The third kappa shape index (κ3) is 3.36. The maximum absolute atomic E-state index is 11.8. The highest BCUT2D eigenvalue weighted by Gasteiger charge is 2.14. The number of furan rings is 1. The van der Waals surface area contributed by atoms with Gasteiger partial charge in [0.25, 0.3) is 5.91 Å². The maximum Gasteiger partial charge on any atom is 0.254 e. The molecule has 1 heterocycles. The summed E-state index contributed by atoms with van der Waals surface area (Å²) in [5, 5.41) is 13.2. The normalized spacial score (nSPS) is 12.2. The Labute approximate surface area is 116 Å². The average molecular weight is 280 g/mol. The van der Waals surface area contributed by atoms with Gasteiger partial charge in [0.1, 0.15) is 5.76 Å². The van der Waals surface area contributed by atoms with E-state index in [0.717, 1.165) is 0 Å². The van der Waals surface area contributed by atoms with Crippen molar-refractivity contribution < 1.29 is 14.3 Å². The molecule has 100 valence electrons. The largest absolute Gasteiger partial charge is 0.469 e. The van der Waals surface area contributed by atoms with Gasteiger partial charge in [0.15, 0.2) is 0 Å². The zero-order chi connectivity index (χ0) is 13.8. The van der Waals surface area contributed by atoms with E-state index >= 15 is 0 Å². The lowest BCUT2D eigenvalue weighted by atomic mass is 10.1. The van der Waals surface area contributed by atoms with E-state index in [2.05, 4.69) is 5.32 Å². The fourth-order valence-electron chi connectivity index (χ4n) is 1.74. The molecule has 0 aliphatic heterocycles. The van der Waals surface area contributed by atoms with Gasteiger partial charge in [-0.05, 0) is 30.7 Å². The predicted molar refractivity (Wildman–Crippen MR) is 72.2 cm³/mol. The predicted octanol–water partition coefficient (Wildman–Crippen LogP) is 2.70. The molecular weight excluding hydrogens is 266 g/mol. The van der Waals surface area contributed by atoms with Gasteiger partial charge in [-0.25, -0.2) is 0 Å². The minimum Gasteiger partial charge on any atom is -0.469 e. The molecule has 0 unspecified atom stereocenters. The number of amides is 1. The molecule has 5 heteroatoms. The molecule has 0 saturated heterocycles. The van der Waals surface area contributed by atoms with Gasteiger partial charge in [0, 0.05) is 11.6 Å². The van der Waals surface area contributed by atoms with Gasteiger partial charge in [-0.15, -0.1) is 0 Å². The summed E-state index contributed by atoms with van der Waals surface area (Å²) in [6, 6.07) is 8.50. The van der Waals surface area contributed by atoms with E-state index in [-0.39, 0.29) is 12.5 Å². The molecule has 2 rings (SSSR count). The van der Waals surface area contributed by atoms with Crippen molar-refractivity contribution in [1.82, 2.24) is 5.32 Å². The van der Waals surface area contributed by atoms with Crippen molar-refractivity contribution in [2.24, 2.45) is 0 Å². The third-order valence-corrected chi connectivity index (χ3v) is 3.03. The van der Waals surface area contributed by atoms with E-state index in [1.807, 2.05) is 0 Å². The lowest BCUT2D eigenvalue weighted by molar-refractivity contribution is 0.0915. The second-order valence-electron chi connectivity index (χ2n) is 4.17. The first-order valence-corrected chi connectivity index (χ1v) is 6.21. The van der Waals surface area contributed by atoms with Crippen LogP contribution in [0.15, 0.2) is 41.0 Å². The first-order valence-electron chi connectivity index (χ1n) is 5.83. The van der Waals surface area contributed by atoms with Crippen LogP contribution in [0.4, 0.5) is 0 Å². The summed E-state index contributed by atoms with van der Waals surface area (Å²) >= 11 is 5.84. The van der Waals surface area contributed by atoms with Crippen molar-refractivity contribution in [2.75, 3.05) is 6.54 Å². The van der Waals surface area contributed by atoms with Crippen LogP contribution in [0.2, 0.25) is 5.02 Å². The number of hydrogen-bond acceptors (Lipinski definition) is 3. The molecule has 1 atom stereocenters. The van der Waals surface area contributed by atoms with Crippen LogP contribution in [0.1, 0.15) is 27.8 Å². The van der Waals surface area contributed by atoms with Crippen LogP contribution in [0, 0.1) is 6.92 Å². The number of nitrogens with one attached hydrogen (secondary N) is 1. The Balaban J connectivity index is 1.96. The molecule has 0 aliphatic carbocycles. The summed E-state index contributed by atoms with van der Waals surface area (Å²) in [6.07, 6.45) is 0.660. The average Bonchev–Trinajstić information content (AvgIpc) is 2.82. The smallest absolute Gasteiger partial charge is 0.254 e. The van der Waals surface area contributed by atoms with E-state index in [4.69, 9.17) is 16.0 Å². The van der Waals surface area contributed by atoms with Crippen molar-refractivity contribution in [3.63, 3.8) is 0 Å². The lowest BCUT2D eigenvalue weighted by Crippen LogP contribution is -2.28. The number of hydrogen-bond donors (Lipinski definition) is 2. The number of carbonyl (C=O) groups is 1. The summed E-state index contributed by atoms with van der Waals surface area (Å²) in [5.41, 5.74) is 1.13. The Bertz CT molecular complexity index is 580. The fraction of sp³-hybridized carbons (Fsp3) is 0.214. The zero-order valence-corrected chi connectivity index (χ0v) is 11.1. The van der Waals surface area contributed by atoms with Gasteiger partial charge >= 0.3 is 0 Å². The molecule has 2 N–H and O–H groups in total. The molecule has 1 amide bonds. The van der Waals surface area contributed by atoms with Crippen molar-refractivity contribution in [3.8, 4) is 0 Å². The Morgan fingerprint density at radius 2 is 2.26 bits per heavy atom. The van der Waals surface area contributed by atoms with E-state index in [1.165, 1.54) is 6.26 Å². The minimum absolute atomic E-state index is 0.115. The van der Waals surface area contributed by atoms with E-state index in [9.17, 15) is 9.90 Å². The first-order chi connectivity index (χ1) is 9.08. The molecule has 0 saturated carbocycles. The topological polar surface area (TPSA) is 62.5 Å². The number of aryl methyl sites for hydroxylation is 1. The molecule has 4 nitrogen and oxygen atoms in total. The standard InChI is InChI=1S/C14H14ClNO3/c1-9-12(5-6-19-9)14(18)16-8-13(17)10-3-2-4-11(15)7-10/h2-7,13,17H,8H2,1H3,(H,16,18)/t13-/m0/s1. The van der Waals surface area contributed by atoms with Gasteiger partial charge in [-0.2, -0.15) is 0 Å². The third-order valence-electron chi connectivity index (χ3n) is 2.79. The van der Waals surface area contributed by atoms with Crippen LogP contribution in [0.5, 0.6) is 0 Å². The van der Waals surface area contributed by atoms with Gasteiger partial charge in [-0.3, -0.25) is 4.79 Å². The summed E-state index contributed by atoms with van der Waals surface area (Å²) in [7, 11) is 0. The number of benzene rings is 1. The zero-order valence-electron chi connectivity index (χ0n) is 10.4. The highest BCUT2D eigenvalue weighted by Crippen LogP contribution is 2.17. The van der Waals surface area contributed by atoms with Crippen LogP contribution < -0.4 is 5.32 Å². The lowest BCUT2D eigenvalue weighted by Gasteiger charge is -2.12. The second-order valence-corrected chi connectivity index (χ2v) is 4.61. The highest BCUT2D eigenvalue weighted by atomic mass is 35.5. The summed E-state index contributed by atoms with van der Waals surface area (Å²) in [4.78, 5) is 11.8. The molecule has 1 aromatic heterocycles. The van der Waals surface area contributed by atoms with Crippen LogP contribution in [-0.4, -0.2) is 17.6 Å². The minimum atomic E-state index is -0.796. The number of rotatable bonds is 4. The van der Waals surface area contributed by atoms with Gasteiger partial charge in [0.05, 0.1) is 17.9 Å². The number of aliphatic hydroxyl groups is 1. The number of carbonyl (C=O) groups excluding carboxylic acids is 1. The highest BCUT2D eigenvalue weighted by molar-refractivity contribution is 6.30. The van der Waals surface area contributed by atoms with Crippen molar-refractivity contribution in [1.29, 1.82) is 0 Å². The summed E-state index contributed by atoms with van der Waals surface area (Å²) in [5.74, 6) is 0.280. The van der Waals surface area contributed by atoms with Crippen LogP contribution in [0.25, 0.3) is 0 Å². The van der Waals surface area contributed by atoms with Gasteiger partial charge in [0.2, 0.25) is 0 Å². The molecule has 2 aromatic rings. The molecule has 0 radical (unpaired) electrons. The Morgan fingerprint density at radius 1 is 1.47 bits per heavy atom. The van der Waals surface area contributed by atoms with Crippen LogP contribution >= 0.6 is 11.6 Å². The fourth-order valence-corrected chi connectivity index (χ4v) is 1.94. The van der Waals surface area contributed by atoms with Crippen LogP contribution in [-0.2, 0) is 0 Å². The molecule has 1 aromatic carbocycles. The van der Waals surface area contributed by atoms with E-state index < -0.39 is 6.10 Å². The number of halogens is 1.